The van der Waals surface area contributed by atoms with Crippen molar-refractivity contribution < 1.29 is 4.39 Å². The van der Waals surface area contributed by atoms with Gasteiger partial charge in [-0.2, -0.15) is 0 Å². The van der Waals surface area contributed by atoms with Gasteiger partial charge in [0, 0.05) is 0 Å². The van der Waals surface area contributed by atoms with Gasteiger partial charge in [-0.25, -0.2) is 4.39 Å². The van der Waals surface area contributed by atoms with Crippen LogP contribution in [0.3, 0.4) is 0 Å². The molecule has 0 aromatic heterocycles. The van der Waals surface area contributed by atoms with Crippen molar-refractivity contribution in [2.45, 2.75) is 0 Å². The summed E-state index contributed by atoms with van der Waals surface area (Å²) in [4.78, 5) is 0. The quantitative estimate of drug-likeness (QED) is 0.597. The Labute approximate surface area is 118 Å². The summed E-state index contributed by atoms with van der Waals surface area (Å²) in [7, 11) is 0. The van der Waals surface area contributed by atoms with Crippen LogP contribution in [0.4, 0.5) is 21.5 Å². The first-order chi connectivity index (χ1) is 8.49. The van der Waals surface area contributed by atoms with E-state index in [1.165, 1.54) is 12.1 Å². The fourth-order valence-corrected chi connectivity index (χ4v) is 2.00. The average molecular weight is 306 g/mol. The molecular weight excluding hydrogens is 298 g/mol. The maximum absolute atomic E-state index is 13.3. The lowest BCUT2D eigenvalue weighted by atomic mass is 10.2. The minimum atomic E-state index is -0.504. The van der Waals surface area contributed by atoms with Gasteiger partial charge >= 0.3 is 0 Å². The van der Waals surface area contributed by atoms with E-state index in [0.29, 0.717) is 26.4 Å². The van der Waals surface area contributed by atoms with E-state index in [4.69, 9.17) is 40.5 Å². The molecule has 0 bridgehead atoms. The molecule has 3 N–H and O–H groups in total. The van der Waals surface area contributed by atoms with Crippen LogP contribution in [0.1, 0.15) is 0 Å². The minimum absolute atomic E-state index is 0.0136. The smallest absolute Gasteiger partial charge is 0.148 e. The monoisotopic (exact) mass is 304 g/mol. The Morgan fingerprint density at radius 1 is 0.944 bits per heavy atom. The molecule has 94 valence electrons. The summed E-state index contributed by atoms with van der Waals surface area (Å²) >= 11 is 17.7. The molecule has 0 amide bonds. The maximum atomic E-state index is 13.3. The molecule has 0 radical (unpaired) electrons. The number of nitrogen functional groups attached to an aromatic ring is 1. The zero-order valence-corrected chi connectivity index (χ0v) is 11.2. The van der Waals surface area contributed by atoms with Crippen molar-refractivity contribution in [2.75, 3.05) is 11.1 Å². The number of hydrogen-bond donors (Lipinski definition) is 2. The van der Waals surface area contributed by atoms with Crippen LogP contribution < -0.4 is 11.1 Å². The predicted octanol–water partition coefficient (Wildman–Crippen LogP) is 5.11. The summed E-state index contributed by atoms with van der Waals surface area (Å²) in [6, 6.07) is 7.51. The van der Waals surface area contributed by atoms with E-state index in [2.05, 4.69) is 5.32 Å². The van der Waals surface area contributed by atoms with Crippen LogP contribution in [0.5, 0.6) is 0 Å². The van der Waals surface area contributed by atoms with Crippen LogP contribution in [-0.2, 0) is 0 Å². The number of nitrogens with one attached hydrogen (secondary N) is 1. The first-order valence-corrected chi connectivity index (χ1v) is 6.08. The summed E-state index contributed by atoms with van der Waals surface area (Å²) < 4.78 is 13.3. The van der Waals surface area contributed by atoms with Gasteiger partial charge in [0.25, 0.3) is 0 Å². The van der Waals surface area contributed by atoms with Crippen molar-refractivity contribution in [3.63, 3.8) is 0 Å². The molecule has 0 saturated heterocycles. The van der Waals surface area contributed by atoms with Gasteiger partial charge in [-0.1, -0.05) is 40.9 Å². The Hall–Kier alpha value is -1.16. The van der Waals surface area contributed by atoms with Gasteiger partial charge < -0.3 is 11.1 Å². The van der Waals surface area contributed by atoms with Crippen molar-refractivity contribution in [3.8, 4) is 0 Å². The molecule has 0 fully saturated rings. The molecule has 0 saturated carbocycles. The van der Waals surface area contributed by atoms with Gasteiger partial charge in [0.15, 0.2) is 0 Å². The Kier molecular flexibility index (Phi) is 3.85. The maximum Gasteiger partial charge on any atom is 0.148 e. The van der Waals surface area contributed by atoms with Crippen LogP contribution in [0.15, 0.2) is 30.3 Å². The fraction of sp³-hybridized carbons (Fsp3) is 0. The van der Waals surface area contributed by atoms with Gasteiger partial charge in [-0.05, 0) is 24.3 Å². The third-order valence-electron chi connectivity index (χ3n) is 2.33. The molecular formula is C12H8Cl3FN2. The van der Waals surface area contributed by atoms with E-state index in [9.17, 15) is 4.39 Å². The second-order valence-electron chi connectivity index (χ2n) is 3.57. The van der Waals surface area contributed by atoms with E-state index in [0.717, 1.165) is 0 Å². The van der Waals surface area contributed by atoms with Crippen LogP contribution in [-0.4, -0.2) is 0 Å². The Bertz CT molecular complexity index is 602. The first kappa shape index (κ1) is 13.3. The Morgan fingerprint density at radius 3 is 2.33 bits per heavy atom. The topological polar surface area (TPSA) is 38.0 Å². The minimum Gasteiger partial charge on any atom is -0.395 e. The van der Waals surface area contributed by atoms with Gasteiger partial charge in [0.05, 0.1) is 32.1 Å². The molecule has 0 heterocycles. The van der Waals surface area contributed by atoms with E-state index in [-0.39, 0.29) is 5.69 Å². The van der Waals surface area contributed by atoms with Crippen LogP contribution in [0.25, 0.3) is 0 Å². The molecule has 0 aliphatic carbocycles. The van der Waals surface area contributed by atoms with Crippen molar-refractivity contribution in [3.05, 3.63) is 51.2 Å². The molecule has 2 rings (SSSR count). The van der Waals surface area contributed by atoms with Gasteiger partial charge in [-0.15, -0.1) is 0 Å². The number of halogens is 4. The van der Waals surface area contributed by atoms with E-state index in [1.807, 2.05) is 0 Å². The second kappa shape index (κ2) is 5.22. The van der Waals surface area contributed by atoms with E-state index in [1.54, 1.807) is 18.2 Å². The molecule has 18 heavy (non-hydrogen) atoms. The molecule has 6 heteroatoms. The van der Waals surface area contributed by atoms with Crippen molar-refractivity contribution in [1.29, 1.82) is 0 Å². The zero-order valence-electron chi connectivity index (χ0n) is 8.98. The highest BCUT2D eigenvalue weighted by molar-refractivity contribution is 6.44. The highest BCUT2D eigenvalue weighted by Crippen LogP contribution is 2.35. The van der Waals surface area contributed by atoms with Gasteiger partial charge in [0.1, 0.15) is 5.82 Å². The average Bonchev–Trinajstić information content (AvgIpc) is 2.32. The van der Waals surface area contributed by atoms with Crippen molar-refractivity contribution in [2.24, 2.45) is 0 Å². The lowest BCUT2D eigenvalue weighted by Gasteiger charge is -2.12. The molecule has 2 nitrogen and oxygen atoms in total. The lowest BCUT2D eigenvalue weighted by molar-refractivity contribution is 0.633. The summed E-state index contributed by atoms with van der Waals surface area (Å²) in [6.07, 6.45) is 0. The van der Waals surface area contributed by atoms with E-state index < -0.39 is 5.82 Å². The molecule has 0 aliphatic rings. The van der Waals surface area contributed by atoms with Crippen molar-refractivity contribution in [1.82, 2.24) is 0 Å². The van der Waals surface area contributed by atoms with Crippen LogP contribution >= 0.6 is 34.8 Å². The summed E-state index contributed by atoms with van der Waals surface area (Å²) in [5.41, 5.74) is 6.54. The Morgan fingerprint density at radius 2 is 1.61 bits per heavy atom. The molecule has 0 unspecified atom stereocenters. The predicted molar refractivity (Wildman–Crippen MR) is 75.6 cm³/mol. The van der Waals surface area contributed by atoms with Crippen LogP contribution in [0, 0.1) is 5.82 Å². The number of benzene rings is 2. The highest BCUT2D eigenvalue weighted by atomic mass is 35.5. The first-order valence-electron chi connectivity index (χ1n) is 4.94. The summed E-state index contributed by atoms with van der Waals surface area (Å²) in [6.45, 7) is 0. The number of para-hydroxylation sites is 1. The molecule has 0 aliphatic heterocycles. The normalized spacial score (nSPS) is 10.4. The Balaban J connectivity index is 2.40. The highest BCUT2D eigenvalue weighted by Gasteiger charge is 2.09. The third kappa shape index (κ3) is 2.64. The molecule has 0 atom stereocenters. The number of rotatable bonds is 2. The SMILES string of the molecule is Nc1c(F)cccc1Nc1cc(Cl)c(Cl)cc1Cl. The molecule has 2 aromatic carbocycles. The lowest BCUT2D eigenvalue weighted by Crippen LogP contribution is -1.99. The molecule has 2 aromatic rings. The molecule has 0 spiro atoms. The number of anilines is 3. The second-order valence-corrected chi connectivity index (χ2v) is 4.79. The van der Waals surface area contributed by atoms with Gasteiger partial charge in [0.2, 0.25) is 0 Å². The summed E-state index contributed by atoms with van der Waals surface area (Å²) in [5, 5.41) is 3.97. The standard InChI is InChI=1S/C12H8Cl3FN2/c13-6-4-8(15)11(5-7(6)14)18-10-3-1-2-9(16)12(10)17/h1-5,18H,17H2. The zero-order chi connectivity index (χ0) is 13.3. The van der Waals surface area contributed by atoms with Crippen LogP contribution in [0.2, 0.25) is 15.1 Å². The fourth-order valence-electron chi connectivity index (χ4n) is 1.41. The number of nitrogens with two attached hydrogens (primary N) is 1. The number of hydrogen-bond acceptors (Lipinski definition) is 2. The van der Waals surface area contributed by atoms with E-state index >= 15 is 0 Å². The summed E-state index contributed by atoms with van der Waals surface area (Å²) in [5.74, 6) is -0.504. The van der Waals surface area contributed by atoms with Crippen molar-refractivity contribution >= 4 is 51.9 Å². The third-order valence-corrected chi connectivity index (χ3v) is 3.37. The van der Waals surface area contributed by atoms with Gasteiger partial charge in [-0.3, -0.25) is 0 Å². The largest absolute Gasteiger partial charge is 0.395 e.